The molecule has 2 N–H and O–H groups in total. The van der Waals surface area contributed by atoms with Crippen molar-refractivity contribution in [2.45, 2.75) is 4.90 Å². The van der Waals surface area contributed by atoms with E-state index in [1.807, 2.05) is 6.07 Å². The maximum Gasteiger partial charge on any atom is 0.261 e. The summed E-state index contributed by atoms with van der Waals surface area (Å²) in [5, 5.41) is 2.71. The van der Waals surface area contributed by atoms with Crippen molar-refractivity contribution >= 4 is 27.3 Å². The first kappa shape index (κ1) is 17.6. The molecule has 0 aliphatic rings. The number of halogens is 1. The summed E-state index contributed by atoms with van der Waals surface area (Å²) in [5.74, 6) is -0.986. The average Bonchev–Trinajstić information content (AvgIpc) is 2.63. The molecule has 0 aliphatic heterocycles. The second kappa shape index (κ2) is 7.37. The van der Waals surface area contributed by atoms with Crippen molar-refractivity contribution < 1.29 is 17.6 Å². The molecule has 3 aromatic carbocycles. The summed E-state index contributed by atoms with van der Waals surface area (Å²) in [5.41, 5.74) is 0.890. The van der Waals surface area contributed by atoms with Crippen LogP contribution in [-0.2, 0) is 10.0 Å². The number of anilines is 2. The van der Waals surface area contributed by atoms with Crippen LogP contribution in [-0.4, -0.2) is 14.3 Å². The fraction of sp³-hybridized carbons (Fsp3) is 0. The molecule has 0 atom stereocenters. The number of carbonyl (C=O) groups excluding carboxylic acids is 1. The van der Waals surface area contributed by atoms with E-state index in [4.69, 9.17) is 0 Å². The molecule has 0 saturated carbocycles. The van der Waals surface area contributed by atoms with E-state index in [0.717, 1.165) is 24.3 Å². The number of sulfonamides is 1. The Labute approximate surface area is 150 Å². The highest BCUT2D eigenvalue weighted by Crippen LogP contribution is 2.21. The van der Waals surface area contributed by atoms with Crippen molar-refractivity contribution in [2.75, 3.05) is 10.0 Å². The van der Waals surface area contributed by atoms with Gasteiger partial charge in [-0.2, -0.15) is 0 Å². The standard InChI is InChI=1S/C19H15FN2O3S/c20-14-10-12-16(13-11-14)26(24,25)22-18-9-5-4-8-17(18)19(23)21-15-6-2-1-3-7-15/h1-13,22H,(H,21,23). The molecular formula is C19H15FN2O3S. The Morgan fingerprint density at radius 3 is 2.12 bits per heavy atom. The highest BCUT2D eigenvalue weighted by molar-refractivity contribution is 7.92. The Bertz CT molecular complexity index is 1020. The van der Waals surface area contributed by atoms with Gasteiger partial charge >= 0.3 is 0 Å². The Morgan fingerprint density at radius 1 is 0.808 bits per heavy atom. The van der Waals surface area contributed by atoms with Gasteiger partial charge in [-0.3, -0.25) is 9.52 Å². The van der Waals surface area contributed by atoms with Gasteiger partial charge in [-0.1, -0.05) is 30.3 Å². The number of nitrogens with one attached hydrogen (secondary N) is 2. The highest BCUT2D eigenvalue weighted by Gasteiger charge is 2.18. The van der Waals surface area contributed by atoms with E-state index in [1.165, 1.54) is 12.1 Å². The monoisotopic (exact) mass is 370 g/mol. The lowest BCUT2D eigenvalue weighted by Gasteiger charge is -2.13. The van der Waals surface area contributed by atoms with Crippen LogP contribution in [0, 0.1) is 5.82 Å². The van der Waals surface area contributed by atoms with Crippen molar-refractivity contribution in [3.8, 4) is 0 Å². The van der Waals surface area contributed by atoms with Gasteiger partial charge < -0.3 is 5.32 Å². The quantitative estimate of drug-likeness (QED) is 0.716. The summed E-state index contributed by atoms with van der Waals surface area (Å²) in [4.78, 5) is 12.4. The number of hydrogen-bond donors (Lipinski definition) is 2. The first-order valence-electron chi connectivity index (χ1n) is 7.69. The van der Waals surface area contributed by atoms with Crippen LogP contribution in [0.1, 0.15) is 10.4 Å². The third-order valence-electron chi connectivity index (χ3n) is 3.57. The first-order chi connectivity index (χ1) is 12.5. The molecular weight excluding hydrogens is 355 g/mol. The van der Waals surface area contributed by atoms with Gasteiger partial charge in [-0.05, 0) is 48.5 Å². The summed E-state index contributed by atoms with van der Waals surface area (Å²) >= 11 is 0. The fourth-order valence-electron chi connectivity index (χ4n) is 2.31. The van der Waals surface area contributed by atoms with Crippen molar-refractivity contribution in [1.82, 2.24) is 0 Å². The van der Waals surface area contributed by atoms with Crippen LogP contribution >= 0.6 is 0 Å². The van der Waals surface area contributed by atoms with Crippen molar-refractivity contribution in [1.29, 1.82) is 0 Å². The van der Waals surface area contributed by atoms with Gasteiger partial charge in [0.1, 0.15) is 5.82 Å². The minimum atomic E-state index is -3.96. The molecule has 0 spiro atoms. The van der Waals surface area contributed by atoms with Crippen molar-refractivity contribution in [3.05, 3.63) is 90.2 Å². The predicted molar refractivity (Wildman–Crippen MR) is 98.0 cm³/mol. The van der Waals surface area contributed by atoms with E-state index in [9.17, 15) is 17.6 Å². The topological polar surface area (TPSA) is 75.3 Å². The number of benzene rings is 3. The largest absolute Gasteiger partial charge is 0.322 e. The zero-order valence-corrected chi connectivity index (χ0v) is 14.3. The van der Waals surface area contributed by atoms with Crippen LogP contribution in [0.25, 0.3) is 0 Å². The van der Waals surface area contributed by atoms with Crippen LogP contribution in [0.4, 0.5) is 15.8 Å². The van der Waals surface area contributed by atoms with Gasteiger partial charge in [0, 0.05) is 5.69 Å². The maximum atomic E-state index is 13.0. The number of para-hydroxylation sites is 2. The van der Waals surface area contributed by atoms with Gasteiger partial charge in [-0.15, -0.1) is 0 Å². The Hall–Kier alpha value is -3.19. The molecule has 0 unspecified atom stereocenters. The molecule has 7 heteroatoms. The molecule has 5 nitrogen and oxygen atoms in total. The summed E-state index contributed by atoms with van der Waals surface area (Å²) in [6.07, 6.45) is 0. The van der Waals surface area contributed by atoms with Gasteiger partial charge in [-0.25, -0.2) is 12.8 Å². The molecule has 0 fully saturated rings. The maximum absolute atomic E-state index is 13.0. The molecule has 0 radical (unpaired) electrons. The van der Waals surface area contributed by atoms with E-state index >= 15 is 0 Å². The third kappa shape index (κ3) is 4.07. The lowest BCUT2D eigenvalue weighted by molar-refractivity contribution is 0.102. The Morgan fingerprint density at radius 2 is 1.42 bits per heavy atom. The Balaban J connectivity index is 1.87. The van der Waals surface area contributed by atoms with Crippen LogP contribution in [0.5, 0.6) is 0 Å². The van der Waals surface area contributed by atoms with Crippen molar-refractivity contribution in [3.63, 3.8) is 0 Å². The normalized spacial score (nSPS) is 11.0. The molecule has 132 valence electrons. The van der Waals surface area contributed by atoms with Gasteiger partial charge in [0.2, 0.25) is 0 Å². The van der Waals surface area contributed by atoms with E-state index in [1.54, 1.807) is 36.4 Å². The minimum Gasteiger partial charge on any atom is -0.322 e. The number of rotatable bonds is 5. The summed E-state index contributed by atoms with van der Waals surface area (Å²) < 4.78 is 40.4. The molecule has 0 bridgehead atoms. The zero-order valence-electron chi connectivity index (χ0n) is 13.5. The number of amides is 1. The molecule has 0 heterocycles. The average molecular weight is 370 g/mol. The molecule has 0 aromatic heterocycles. The lowest BCUT2D eigenvalue weighted by atomic mass is 10.1. The second-order valence-corrected chi connectivity index (χ2v) is 7.11. The molecule has 0 aliphatic carbocycles. The van der Waals surface area contributed by atoms with E-state index in [2.05, 4.69) is 10.0 Å². The minimum absolute atomic E-state index is 0.0998. The Kier molecular flexibility index (Phi) is 4.99. The fourth-order valence-corrected chi connectivity index (χ4v) is 3.39. The molecule has 0 saturated heterocycles. The predicted octanol–water partition coefficient (Wildman–Crippen LogP) is 3.88. The van der Waals surface area contributed by atoms with Crippen LogP contribution < -0.4 is 10.0 Å². The zero-order chi connectivity index (χ0) is 18.6. The van der Waals surface area contributed by atoms with Crippen LogP contribution in [0.15, 0.2) is 83.8 Å². The van der Waals surface area contributed by atoms with E-state index in [0.29, 0.717) is 5.69 Å². The molecule has 3 rings (SSSR count). The van der Waals surface area contributed by atoms with Crippen LogP contribution in [0.3, 0.4) is 0 Å². The molecule has 26 heavy (non-hydrogen) atoms. The molecule has 3 aromatic rings. The highest BCUT2D eigenvalue weighted by atomic mass is 32.2. The molecule has 1 amide bonds. The van der Waals surface area contributed by atoms with E-state index in [-0.39, 0.29) is 16.1 Å². The number of carbonyl (C=O) groups is 1. The first-order valence-corrected chi connectivity index (χ1v) is 9.18. The van der Waals surface area contributed by atoms with Gasteiger partial charge in [0.25, 0.3) is 15.9 Å². The number of hydrogen-bond acceptors (Lipinski definition) is 3. The van der Waals surface area contributed by atoms with E-state index < -0.39 is 21.7 Å². The summed E-state index contributed by atoms with van der Waals surface area (Å²) in [7, 11) is -3.96. The van der Waals surface area contributed by atoms with Crippen molar-refractivity contribution in [2.24, 2.45) is 0 Å². The van der Waals surface area contributed by atoms with Crippen LogP contribution in [0.2, 0.25) is 0 Å². The third-order valence-corrected chi connectivity index (χ3v) is 4.95. The lowest BCUT2D eigenvalue weighted by Crippen LogP contribution is -2.18. The second-order valence-electron chi connectivity index (χ2n) is 5.43. The SMILES string of the molecule is O=C(Nc1ccccc1)c1ccccc1NS(=O)(=O)c1ccc(F)cc1. The smallest absolute Gasteiger partial charge is 0.261 e. The van der Waals surface area contributed by atoms with Gasteiger partial charge in [0.15, 0.2) is 0 Å². The summed E-state index contributed by atoms with van der Waals surface area (Å²) in [6, 6.07) is 19.5. The van der Waals surface area contributed by atoms with Gasteiger partial charge in [0.05, 0.1) is 16.1 Å². The summed E-state index contributed by atoms with van der Waals surface area (Å²) in [6.45, 7) is 0.